The maximum Gasteiger partial charge on any atom is 0.303 e. The molecular formula is C16H21NO3. The van der Waals surface area contributed by atoms with Crippen molar-refractivity contribution in [2.45, 2.75) is 44.9 Å². The smallest absolute Gasteiger partial charge is 0.303 e. The van der Waals surface area contributed by atoms with E-state index in [1.165, 1.54) is 19.3 Å². The minimum Gasteiger partial charge on any atom is -0.481 e. The maximum absolute atomic E-state index is 11.8. The van der Waals surface area contributed by atoms with E-state index in [1.54, 1.807) is 0 Å². The molecule has 4 nitrogen and oxygen atoms in total. The van der Waals surface area contributed by atoms with Gasteiger partial charge in [-0.3, -0.25) is 9.59 Å². The molecule has 1 amide bonds. The Hall–Kier alpha value is -1.84. The number of anilines is 1. The molecule has 108 valence electrons. The molecule has 1 aliphatic rings. The van der Waals surface area contributed by atoms with Crippen molar-refractivity contribution in [3.05, 3.63) is 29.8 Å². The van der Waals surface area contributed by atoms with Crippen LogP contribution >= 0.6 is 0 Å². The monoisotopic (exact) mass is 275 g/mol. The minimum absolute atomic E-state index is 0.0484. The lowest BCUT2D eigenvalue weighted by Gasteiger charge is -2.24. The number of benzene rings is 1. The third kappa shape index (κ3) is 4.68. The highest BCUT2D eigenvalue weighted by Gasteiger charge is 2.18. The first-order chi connectivity index (χ1) is 9.63. The molecule has 2 N–H and O–H groups in total. The van der Waals surface area contributed by atoms with E-state index >= 15 is 0 Å². The van der Waals surface area contributed by atoms with Gasteiger partial charge in [0.05, 0.1) is 0 Å². The van der Waals surface area contributed by atoms with E-state index < -0.39 is 5.97 Å². The van der Waals surface area contributed by atoms with Crippen molar-refractivity contribution in [3.63, 3.8) is 0 Å². The number of hydrogen-bond acceptors (Lipinski definition) is 2. The van der Waals surface area contributed by atoms with E-state index in [2.05, 4.69) is 5.32 Å². The van der Waals surface area contributed by atoms with Crippen LogP contribution in [0.25, 0.3) is 0 Å². The van der Waals surface area contributed by atoms with Gasteiger partial charge in [-0.15, -0.1) is 0 Å². The zero-order valence-corrected chi connectivity index (χ0v) is 11.6. The number of carbonyl (C=O) groups excluding carboxylic acids is 1. The highest BCUT2D eigenvalue weighted by molar-refractivity contribution is 5.90. The first kappa shape index (κ1) is 14.6. The molecule has 2 rings (SSSR count). The summed E-state index contributed by atoms with van der Waals surface area (Å²) in [5, 5.41) is 11.6. The largest absolute Gasteiger partial charge is 0.481 e. The number of carbonyl (C=O) groups is 2. The van der Waals surface area contributed by atoms with Crippen molar-refractivity contribution in [1.29, 1.82) is 0 Å². The van der Waals surface area contributed by atoms with Gasteiger partial charge in [0.1, 0.15) is 0 Å². The average Bonchev–Trinajstić information content (AvgIpc) is 2.35. The molecule has 1 aliphatic carbocycles. The summed E-state index contributed by atoms with van der Waals surface area (Å²) in [7, 11) is 0. The Labute approximate surface area is 119 Å². The zero-order valence-electron chi connectivity index (χ0n) is 11.6. The zero-order chi connectivity index (χ0) is 14.4. The molecule has 0 heterocycles. The Morgan fingerprint density at radius 1 is 1.25 bits per heavy atom. The summed E-state index contributed by atoms with van der Waals surface area (Å²) in [6.07, 6.45) is 5.97. The quantitative estimate of drug-likeness (QED) is 0.803. The number of rotatable bonds is 7. The van der Waals surface area contributed by atoms with Crippen LogP contribution in [0.5, 0.6) is 0 Å². The van der Waals surface area contributed by atoms with Gasteiger partial charge < -0.3 is 10.4 Å². The number of carboxylic acid groups (broad SMARTS) is 1. The lowest BCUT2D eigenvalue weighted by molar-refractivity contribution is -0.137. The van der Waals surface area contributed by atoms with E-state index in [0.717, 1.165) is 23.6 Å². The second-order valence-corrected chi connectivity index (χ2v) is 5.48. The van der Waals surface area contributed by atoms with E-state index in [1.807, 2.05) is 24.3 Å². The van der Waals surface area contributed by atoms with Crippen molar-refractivity contribution in [1.82, 2.24) is 0 Å². The second kappa shape index (κ2) is 7.08. The fraction of sp³-hybridized carbons (Fsp3) is 0.500. The van der Waals surface area contributed by atoms with Crippen molar-refractivity contribution in [2.24, 2.45) is 5.92 Å². The fourth-order valence-corrected chi connectivity index (χ4v) is 2.40. The number of aliphatic carboxylic acids is 1. The van der Waals surface area contributed by atoms with Crippen LogP contribution in [0.3, 0.4) is 0 Å². The molecule has 0 unspecified atom stereocenters. The molecule has 1 saturated carbocycles. The number of carboxylic acids is 1. The van der Waals surface area contributed by atoms with Crippen molar-refractivity contribution < 1.29 is 14.7 Å². The summed E-state index contributed by atoms with van der Waals surface area (Å²) >= 11 is 0. The topological polar surface area (TPSA) is 66.4 Å². The van der Waals surface area contributed by atoms with Gasteiger partial charge in [0, 0.05) is 18.5 Å². The average molecular weight is 275 g/mol. The SMILES string of the molecule is O=C(O)CCc1cccc(NC(=O)CCC2CCC2)c1. The molecule has 0 aliphatic heterocycles. The number of hydrogen-bond donors (Lipinski definition) is 2. The summed E-state index contributed by atoms with van der Waals surface area (Å²) in [5.41, 5.74) is 1.69. The summed E-state index contributed by atoms with van der Waals surface area (Å²) in [4.78, 5) is 22.4. The molecule has 0 aromatic heterocycles. The van der Waals surface area contributed by atoms with Crippen LogP contribution in [0.4, 0.5) is 5.69 Å². The number of nitrogens with one attached hydrogen (secondary N) is 1. The normalized spacial score (nSPS) is 14.6. The molecule has 0 saturated heterocycles. The van der Waals surface area contributed by atoms with Crippen LogP contribution in [0, 0.1) is 5.92 Å². The fourth-order valence-electron chi connectivity index (χ4n) is 2.40. The molecule has 0 spiro atoms. The Morgan fingerprint density at radius 3 is 2.70 bits per heavy atom. The lowest BCUT2D eigenvalue weighted by Crippen LogP contribution is -2.17. The molecule has 0 atom stereocenters. The first-order valence-corrected chi connectivity index (χ1v) is 7.24. The predicted octanol–water partition coefficient (Wildman–Crippen LogP) is 3.22. The van der Waals surface area contributed by atoms with Crippen LogP contribution in [0.2, 0.25) is 0 Å². The summed E-state index contributed by atoms with van der Waals surface area (Å²) in [5.74, 6) is -0.0186. The molecular weight excluding hydrogens is 254 g/mol. The van der Waals surface area contributed by atoms with Crippen LogP contribution in [0.1, 0.15) is 44.1 Å². The van der Waals surface area contributed by atoms with Crippen LogP contribution in [-0.2, 0) is 16.0 Å². The van der Waals surface area contributed by atoms with Gasteiger partial charge in [0.25, 0.3) is 0 Å². The summed E-state index contributed by atoms with van der Waals surface area (Å²) in [6.45, 7) is 0. The van der Waals surface area contributed by atoms with Gasteiger partial charge in [-0.05, 0) is 36.5 Å². The van der Waals surface area contributed by atoms with E-state index in [9.17, 15) is 9.59 Å². The molecule has 0 bridgehead atoms. The van der Waals surface area contributed by atoms with Gasteiger partial charge in [-0.25, -0.2) is 0 Å². The molecule has 20 heavy (non-hydrogen) atoms. The highest BCUT2D eigenvalue weighted by atomic mass is 16.4. The van der Waals surface area contributed by atoms with Gasteiger partial charge in [-0.1, -0.05) is 31.4 Å². The van der Waals surface area contributed by atoms with E-state index in [-0.39, 0.29) is 12.3 Å². The Balaban J connectivity index is 1.80. The van der Waals surface area contributed by atoms with Crippen molar-refractivity contribution in [3.8, 4) is 0 Å². The third-order valence-corrected chi connectivity index (χ3v) is 3.84. The lowest BCUT2D eigenvalue weighted by atomic mass is 9.82. The van der Waals surface area contributed by atoms with Crippen LogP contribution < -0.4 is 5.32 Å². The molecule has 1 fully saturated rings. The number of aryl methyl sites for hydroxylation is 1. The Bertz CT molecular complexity index is 480. The highest BCUT2D eigenvalue weighted by Crippen LogP contribution is 2.30. The predicted molar refractivity (Wildman–Crippen MR) is 77.6 cm³/mol. The maximum atomic E-state index is 11.8. The molecule has 4 heteroatoms. The van der Waals surface area contributed by atoms with Crippen LogP contribution in [-0.4, -0.2) is 17.0 Å². The van der Waals surface area contributed by atoms with E-state index in [4.69, 9.17) is 5.11 Å². The van der Waals surface area contributed by atoms with Gasteiger partial charge in [-0.2, -0.15) is 0 Å². The summed E-state index contributed by atoms with van der Waals surface area (Å²) < 4.78 is 0. The molecule has 0 radical (unpaired) electrons. The first-order valence-electron chi connectivity index (χ1n) is 7.24. The number of amides is 1. The summed E-state index contributed by atoms with van der Waals surface area (Å²) in [6, 6.07) is 7.42. The molecule has 1 aromatic rings. The van der Waals surface area contributed by atoms with E-state index in [0.29, 0.717) is 12.8 Å². The standard InChI is InChI=1S/C16H21NO3/c18-15(9-7-12-3-1-4-12)17-14-6-2-5-13(11-14)8-10-16(19)20/h2,5-6,11-12H,1,3-4,7-10H2,(H,17,18)(H,19,20). The molecule has 1 aromatic carbocycles. The van der Waals surface area contributed by atoms with Crippen LogP contribution in [0.15, 0.2) is 24.3 Å². The Morgan fingerprint density at radius 2 is 2.05 bits per heavy atom. The second-order valence-electron chi connectivity index (χ2n) is 5.48. The van der Waals surface area contributed by atoms with Gasteiger partial charge in [0.2, 0.25) is 5.91 Å². The van der Waals surface area contributed by atoms with Crippen molar-refractivity contribution >= 4 is 17.6 Å². The van der Waals surface area contributed by atoms with Gasteiger partial charge >= 0.3 is 5.97 Å². The van der Waals surface area contributed by atoms with Gasteiger partial charge in [0.15, 0.2) is 0 Å². The minimum atomic E-state index is -0.806. The third-order valence-electron chi connectivity index (χ3n) is 3.84. The van der Waals surface area contributed by atoms with Crippen molar-refractivity contribution in [2.75, 3.05) is 5.32 Å². The Kier molecular flexibility index (Phi) is 5.16.